The number of nitrogens with zero attached hydrogens (tertiary/aromatic N) is 2. The highest BCUT2D eigenvalue weighted by atomic mass is 16.5. The molecule has 2 heterocycles. The number of ether oxygens (including phenoxy) is 1. The second kappa shape index (κ2) is 7.20. The first-order valence-corrected chi connectivity index (χ1v) is 9.18. The number of hydrogen-bond acceptors (Lipinski definition) is 3. The van der Waals surface area contributed by atoms with Gasteiger partial charge in [-0.15, -0.1) is 0 Å². The first kappa shape index (κ1) is 16.6. The van der Waals surface area contributed by atoms with Crippen LogP contribution in [0.5, 0.6) is 5.75 Å². The van der Waals surface area contributed by atoms with Crippen molar-refractivity contribution in [2.75, 3.05) is 6.61 Å². The van der Waals surface area contributed by atoms with Crippen LogP contribution in [0.2, 0.25) is 0 Å². The summed E-state index contributed by atoms with van der Waals surface area (Å²) in [5.74, 6) is 1.96. The highest BCUT2D eigenvalue weighted by Gasteiger charge is 2.26. The Hall–Kier alpha value is -2.82. The predicted octanol–water partition coefficient (Wildman–Crippen LogP) is 3.31. The van der Waals surface area contributed by atoms with E-state index in [1.165, 1.54) is 0 Å². The monoisotopic (exact) mass is 349 g/mol. The van der Waals surface area contributed by atoms with Crippen molar-refractivity contribution in [3.8, 4) is 5.75 Å². The lowest BCUT2D eigenvalue weighted by Gasteiger charge is -2.23. The summed E-state index contributed by atoms with van der Waals surface area (Å²) in [6, 6.07) is 16.0. The van der Waals surface area contributed by atoms with Gasteiger partial charge in [0.2, 0.25) is 5.91 Å². The molecule has 1 atom stereocenters. The van der Waals surface area contributed by atoms with Gasteiger partial charge in [0, 0.05) is 25.4 Å². The molecule has 1 aliphatic rings. The van der Waals surface area contributed by atoms with Crippen LogP contribution in [-0.4, -0.2) is 22.1 Å². The number of amides is 1. The first-order valence-electron chi connectivity index (χ1n) is 9.18. The Morgan fingerprint density at radius 2 is 2.04 bits per heavy atom. The maximum atomic E-state index is 12.6. The zero-order valence-electron chi connectivity index (χ0n) is 14.9. The Morgan fingerprint density at radius 3 is 2.85 bits per heavy atom. The minimum absolute atomic E-state index is 0.0120. The number of carbonyl (C=O) groups is 1. The number of hydrogen-bond donors (Lipinski definition) is 1. The zero-order valence-corrected chi connectivity index (χ0v) is 14.9. The number of fused-ring (bicyclic) bond motifs is 3. The number of para-hydroxylation sites is 2. The molecular weight excluding hydrogens is 326 g/mol. The minimum Gasteiger partial charge on any atom is -0.494 e. The van der Waals surface area contributed by atoms with Gasteiger partial charge in [-0.1, -0.05) is 24.3 Å². The van der Waals surface area contributed by atoms with E-state index in [2.05, 4.69) is 16.0 Å². The normalized spacial score (nSPS) is 16.3. The smallest absolute Gasteiger partial charge is 0.223 e. The van der Waals surface area contributed by atoms with Crippen LogP contribution in [0.3, 0.4) is 0 Å². The molecule has 5 heteroatoms. The first-order chi connectivity index (χ1) is 12.7. The fraction of sp³-hybridized carbons (Fsp3) is 0.333. The van der Waals surface area contributed by atoms with E-state index in [4.69, 9.17) is 9.72 Å². The summed E-state index contributed by atoms with van der Waals surface area (Å²) in [5.41, 5.74) is 3.25. The van der Waals surface area contributed by atoms with Crippen LogP contribution in [-0.2, 0) is 24.3 Å². The third kappa shape index (κ3) is 3.29. The molecule has 1 aliphatic heterocycles. The Kier molecular flexibility index (Phi) is 4.61. The number of carbonyl (C=O) groups excluding carboxylic acids is 1. The maximum Gasteiger partial charge on any atom is 0.223 e. The van der Waals surface area contributed by atoms with Crippen LogP contribution in [0.25, 0.3) is 11.0 Å². The van der Waals surface area contributed by atoms with Gasteiger partial charge in [0.15, 0.2) is 0 Å². The lowest BCUT2D eigenvalue weighted by Crippen LogP contribution is -2.35. The lowest BCUT2D eigenvalue weighted by atomic mass is 9.96. The largest absolute Gasteiger partial charge is 0.494 e. The molecule has 0 radical (unpaired) electrons. The fourth-order valence-corrected chi connectivity index (χ4v) is 3.57. The highest BCUT2D eigenvalue weighted by Crippen LogP contribution is 2.25. The molecule has 0 bridgehead atoms. The molecule has 3 aromatic rings. The van der Waals surface area contributed by atoms with Crippen molar-refractivity contribution in [1.82, 2.24) is 14.9 Å². The molecule has 1 aromatic heterocycles. The number of aromatic nitrogens is 2. The molecule has 0 aliphatic carbocycles. The van der Waals surface area contributed by atoms with E-state index >= 15 is 0 Å². The average Bonchev–Trinajstić information content (AvgIpc) is 3.05. The average molecular weight is 349 g/mol. The maximum absolute atomic E-state index is 12.6. The molecular formula is C21H23N3O2. The van der Waals surface area contributed by atoms with Crippen molar-refractivity contribution in [3.63, 3.8) is 0 Å². The second-order valence-electron chi connectivity index (χ2n) is 6.65. The SMILES string of the molecule is CCOc1ccc(CNC(=O)C2CCn3c(nc4ccccc43)C2)cc1. The Morgan fingerprint density at radius 1 is 1.23 bits per heavy atom. The molecule has 1 unspecified atom stereocenters. The topological polar surface area (TPSA) is 56.1 Å². The van der Waals surface area contributed by atoms with Crippen LogP contribution >= 0.6 is 0 Å². The van der Waals surface area contributed by atoms with Crippen molar-refractivity contribution >= 4 is 16.9 Å². The lowest BCUT2D eigenvalue weighted by molar-refractivity contribution is -0.125. The third-order valence-corrected chi connectivity index (χ3v) is 4.94. The van der Waals surface area contributed by atoms with Crippen LogP contribution in [0.15, 0.2) is 48.5 Å². The predicted molar refractivity (Wildman–Crippen MR) is 101 cm³/mol. The summed E-state index contributed by atoms with van der Waals surface area (Å²) in [5, 5.41) is 3.07. The zero-order chi connectivity index (χ0) is 17.9. The molecule has 4 rings (SSSR count). The van der Waals surface area contributed by atoms with Crippen molar-refractivity contribution in [3.05, 3.63) is 59.9 Å². The molecule has 0 saturated carbocycles. The molecule has 0 saturated heterocycles. The van der Waals surface area contributed by atoms with Crippen LogP contribution < -0.4 is 10.1 Å². The van der Waals surface area contributed by atoms with Gasteiger partial charge in [0.25, 0.3) is 0 Å². The van der Waals surface area contributed by atoms with Gasteiger partial charge in [0.1, 0.15) is 11.6 Å². The second-order valence-corrected chi connectivity index (χ2v) is 6.65. The summed E-state index contributed by atoms with van der Waals surface area (Å²) in [7, 11) is 0. The van der Waals surface area contributed by atoms with Crippen molar-refractivity contribution in [2.24, 2.45) is 5.92 Å². The molecule has 0 spiro atoms. The quantitative estimate of drug-likeness (QED) is 0.769. The summed E-state index contributed by atoms with van der Waals surface area (Å²) in [6.45, 7) is 4.00. The van der Waals surface area contributed by atoms with E-state index in [0.29, 0.717) is 19.6 Å². The summed E-state index contributed by atoms with van der Waals surface area (Å²) < 4.78 is 7.68. The molecule has 1 N–H and O–H groups in total. The van der Waals surface area contributed by atoms with E-state index in [-0.39, 0.29) is 11.8 Å². The molecule has 2 aromatic carbocycles. The summed E-state index contributed by atoms with van der Waals surface area (Å²) in [4.78, 5) is 17.3. The molecule has 1 amide bonds. The molecule has 26 heavy (non-hydrogen) atoms. The van der Waals surface area contributed by atoms with Gasteiger partial charge in [-0.05, 0) is 43.2 Å². The van der Waals surface area contributed by atoms with Crippen LogP contribution in [0.1, 0.15) is 24.7 Å². The van der Waals surface area contributed by atoms with Crippen molar-refractivity contribution < 1.29 is 9.53 Å². The van der Waals surface area contributed by atoms with Crippen LogP contribution in [0.4, 0.5) is 0 Å². The van der Waals surface area contributed by atoms with Crippen LogP contribution in [0, 0.1) is 5.92 Å². The summed E-state index contributed by atoms with van der Waals surface area (Å²) in [6.07, 6.45) is 1.55. The van der Waals surface area contributed by atoms with Gasteiger partial charge in [-0.25, -0.2) is 4.98 Å². The Balaban J connectivity index is 1.38. The standard InChI is InChI=1S/C21H23N3O2/c1-2-26-17-9-7-15(8-10-17)14-22-21(25)16-11-12-24-19-6-4-3-5-18(19)23-20(24)13-16/h3-10,16H,2,11-14H2,1H3,(H,22,25). The Bertz CT molecular complexity index is 915. The van der Waals surface area contributed by atoms with Gasteiger partial charge in [0.05, 0.1) is 17.6 Å². The van der Waals surface area contributed by atoms with E-state index < -0.39 is 0 Å². The number of nitrogens with one attached hydrogen (secondary N) is 1. The number of rotatable bonds is 5. The van der Waals surface area contributed by atoms with Gasteiger partial charge in [-0.2, -0.15) is 0 Å². The van der Waals surface area contributed by atoms with Gasteiger partial charge in [-0.3, -0.25) is 4.79 Å². The highest BCUT2D eigenvalue weighted by molar-refractivity contribution is 5.80. The third-order valence-electron chi connectivity index (χ3n) is 4.94. The van der Waals surface area contributed by atoms with E-state index in [1.807, 2.05) is 49.4 Å². The number of aryl methyl sites for hydroxylation is 1. The van der Waals surface area contributed by atoms with E-state index in [1.54, 1.807) is 0 Å². The molecule has 0 fully saturated rings. The van der Waals surface area contributed by atoms with E-state index in [9.17, 15) is 4.79 Å². The molecule has 134 valence electrons. The minimum atomic E-state index is -0.0120. The van der Waals surface area contributed by atoms with Crippen molar-refractivity contribution in [2.45, 2.75) is 32.9 Å². The molecule has 5 nitrogen and oxygen atoms in total. The van der Waals surface area contributed by atoms with Gasteiger partial charge >= 0.3 is 0 Å². The Labute approximate surface area is 153 Å². The van der Waals surface area contributed by atoms with E-state index in [0.717, 1.165) is 41.1 Å². The van der Waals surface area contributed by atoms with Crippen molar-refractivity contribution in [1.29, 1.82) is 0 Å². The summed E-state index contributed by atoms with van der Waals surface area (Å²) >= 11 is 0. The number of imidazole rings is 1. The van der Waals surface area contributed by atoms with Gasteiger partial charge < -0.3 is 14.6 Å². The fourth-order valence-electron chi connectivity index (χ4n) is 3.57. The number of benzene rings is 2.